The van der Waals surface area contributed by atoms with Gasteiger partial charge in [-0.3, -0.25) is 0 Å². The van der Waals surface area contributed by atoms with Crippen LogP contribution in [-0.2, 0) is 0 Å². The molecule has 5 heteroatoms. The van der Waals surface area contributed by atoms with Gasteiger partial charge < -0.3 is 15.8 Å². The minimum absolute atomic E-state index is 0.478. The Morgan fingerprint density at radius 1 is 1.44 bits per heavy atom. The highest BCUT2D eigenvalue weighted by Gasteiger charge is 2.53. The fraction of sp³-hybridized carbons (Fsp3) is 0.692. The van der Waals surface area contributed by atoms with Crippen LogP contribution in [0.15, 0.2) is 6.33 Å². The Kier molecular flexibility index (Phi) is 2.76. The van der Waals surface area contributed by atoms with E-state index in [4.69, 9.17) is 10.5 Å². The summed E-state index contributed by atoms with van der Waals surface area (Å²) in [7, 11) is 0. The van der Waals surface area contributed by atoms with Gasteiger partial charge in [0.25, 0.3) is 0 Å². The van der Waals surface area contributed by atoms with E-state index in [9.17, 15) is 0 Å². The summed E-state index contributed by atoms with van der Waals surface area (Å²) in [6.07, 6.45) is 6.97. The second kappa shape index (κ2) is 4.30. The Morgan fingerprint density at radius 3 is 2.83 bits per heavy atom. The Morgan fingerprint density at radius 2 is 2.22 bits per heavy atom. The van der Waals surface area contributed by atoms with E-state index in [1.807, 2.05) is 6.92 Å². The van der Waals surface area contributed by atoms with Crippen LogP contribution in [-0.4, -0.2) is 23.1 Å². The molecule has 2 fully saturated rings. The highest BCUT2D eigenvalue weighted by molar-refractivity contribution is 5.66. The molecule has 18 heavy (non-hydrogen) atoms. The van der Waals surface area contributed by atoms with Crippen LogP contribution < -0.4 is 15.8 Å². The Hall–Kier alpha value is -1.52. The van der Waals surface area contributed by atoms with Gasteiger partial charge in [-0.05, 0) is 43.9 Å². The largest absolute Gasteiger partial charge is 0.476 e. The van der Waals surface area contributed by atoms with Crippen LogP contribution in [0.2, 0.25) is 0 Å². The zero-order chi connectivity index (χ0) is 12.6. The van der Waals surface area contributed by atoms with Crippen LogP contribution in [0, 0.1) is 11.3 Å². The number of ether oxygens (including phenoxy) is 1. The fourth-order valence-corrected chi connectivity index (χ4v) is 2.62. The van der Waals surface area contributed by atoms with Gasteiger partial charge in [-0.1, -0.05) is 0 Å². The molecule has 2 aliphatic rings. The molecule has 0 saturated heterocycles. The maximum atomic E-state index is 6.00. The maximum absolute atomic E-state index is 6.00. The molecule has 98 valence electrons. The van der Waals surface area contributed by atoms with E-state index in [-0.39, 0.29) is 0 Å². The second-order valence-electron chi connectivity index (χ2n) is 5.36. The van der Waals surface area contributed by atoms with Gasteiger partial charge in [0.15, 0.2) is 5.82 Å². The minimum atomic E-state index is 0.478. The number of anilines is 2. The molecule has 0 bridgehead atoms. The van der Waals surface area contributed by atoms with Gasteiger partial charge >= 0.3 is 0 Å². The lowest BCUT2D eigenvalue weighted by Gasteiger charge is -2.17. The van der Waals surface area contributed by atoms with Gasteiger partial charge in [0.05, 0.1) is 6.61 Å². The van der Waals surface area contributed by atoms with E-state index in [0.29, 0.717) is 29.4 Å². The zero-order valence-electron chi connectivity index (χ0n) is 10.8. The molecular weight excluding hydrogens is 228 g/mol. The third-order valence-electron chi connectivity index (χ3n) is 4.07. The van der Waals surface area contributed by atoms with Gasteiger partial charge in [0, 0.05) is 6.54 Å². The monoisotopic (exact) mass is 248 g/mol. The SMILES string of the molecule is CCOc1ncnc(NCC2(C3CC3)CC2)c1N. The first-order valence-corrected chi connectivity index (χ1v) is 6.72. The molecule has 1 aromatic heterocycles. The molecule has 0 atom stereocenters. The van der Waals surface area contributed by atoms with Crippen molar-refractivity contribution >= 4 is 11.5 Å². The number of rotatable bonds is 6. The molecule has 2 aliphatic carbocycles. The van der Waals surface area contributed by atoms with Crippen molar-refractivity contribution in [2.45, 2.75) is 32.6 Å². The van der Waals surface area contributed by atoms with Crippen molar-refractivity contribution in [2.75, 3.05) is 24.2 Å². The van der Waals surface area contributed by atoms with Crippen molar-refractivity contribution in [3.05, 3.63) is 6.33 Å². The number of nitrogen functional groups attached to an aromatic ring is 1. The van der Waals surface area contributed by atoms with Crippen LogP contribution in [0.25, 0.3) is 0 Å². The second-order valence-corrected chi connectivity index (χ2v) is 5.36. The van der Waals surface area contributed by atoms with Crippen molar-refractivity contribution in [1.82, 2.24) is 9.97 Å². The Balaban J connectivity index is 1.67. The van der Waals surface area contributed by atoms with Crippen LogP contribution in [0.1, 0.15) is 32.6 Å². The predicted octanol–water partition coefficient (Wildman–Crippen LogP) is 2.06. The van der Waals surface area contributed by atoms with Crippen molar-refractivity contribution in [1.29, 1.82) is 0 Å². The Labute approximate surface area is 107 Å². The highest BCUT2D eigenvalue weighted by atomic mass is 16.5. The van der Waals surface area contributed by atoms with E-state index in [1.165, 1.54) is 32.0 Å². The summed E-state index contributed by atoms with van der Waals surface area (Å²) in [6.45, 7) is 3.46. The molecule has 1 aromatic rings. The summed E-state index contributed by atoms with van der Waals surface area (Å²) in [5.74, 6) is 2.12. The number of nitrogens with zero attached hydrogens (tertiary/aromatic N) is 2. The minimum Gasteiger partial charge on any atom is -0.476 e. The number of aromatic nitrogens is 2. The van der Waals surface area contributed by atoms with Crippen LogP contribution in [0.4, 0.5) is 11.5 Å². The molecule has 1 heterocycles. The first-order chi connectivity index (χ1) is 8.75. The normalized spacial score (nSPS) is 20.5. The average Bonchev–Trinajstić information content (AvgIpc) is 3.24. The molecular formula is C13H20N4O. The van der Waals surface area contributed by atoms with Gasteiger partial charge in [0.2, 0.25) is 5.88 Å². The van der Waals surface area contributed by atoms with Gasteiger partial charge in [-0.25, -0.2) is 4.98 Å². The van der Waals surface area contributed by atoms with Crippen molar-refractivity contribution in [3.63, 3.8) is 0 Å². The van der Waals surface area contributed by atoms with Crippen molar-refractivity contribution in [2.24, 2.45) is 11.3 Å². The number of nitrogens with two attached hydrogens (primary N) is 1. The van der Waals surface area contributed by atoms with Crippen LogP contribution in [0.5, 0.6) is 5.88 Å². The summed E-state index contributed by atoms with van der Waals surface area (Å²) in [4.78, 5) is 8.24. The molecule has 0 aliphatic heterocycles. The first-order valence-electron chi connectivity index (χ1n) is 6.72. The molecule has 5 nitrogen and oxygen atoms in total. The smallest absolute Gasteiger partial charge is 0.242 e. The molecule has 0 radical (unpaired) electrons. The number of hydrogen-bond donors (Lipinski definition) is 2. The lowest BCUT2D eigenvalue weighted by atomic mass is 10.0. The molecule has 0 aromatic carbocycles. The lowest BCUT2D eigenvalue weighted by molar-refractivity contribution is 0.328. The molecule has 2 saturated carbocycles. The van der Waals surface area contributed by atoms with E-state index in [1.54, 1.807) is 0 Å². The maximum Gasteiger partial charge on any atom is 0.242 e. The highest BCUT2D eigenvalue weighted by Crippen LogP contribution is 2.61. The molecule has 0 amide bonds. The van der Waals surface area contributed by atoms with Crippen LogP contribution in [0.3, 0.4) is 0 Å². The summed E-state index contributed by atoms with van der Waals surface area (Å²) >= 11 is 0. The van der Waals surface area contributed by atoms with E-state index in [0.717, 1.165) is 12.5 Å². The number of hydrogen-bond acceptors (Lipinski definition) is 5. The van der Waals surface area contributed by atoms with Gasteiger partial charge in [-0.2, -0.15) is 4.98 Å². The summed E-state index contributed by atoms with van der Waals surface area (Å²) in [6, 6.07) is 0. The quantitative estimate of drug-likeness (QED) is 0.806. The summed E-state index contributed by atoms with van der Waals surface area (Å²) < 4.78 is 5.37. The molecule has 3 N–H and O–H groups in total. The van der Waals surface area contributed by atoms with Crippen molar-refractivity contribution in [3.8, 4) is 5.88 Å². The van der Waals surface area contributed by atoms with Gasteiger partial charge in [-0.15, -0.1) is 0 Å². The lowest BCUT2D eigenvalue weighted by Crippen LogP contribution is -2.19. The average molecular weight is 248 g/mol. The first kappa shape index (κ1) is 11.6. The van der Waals surface area contributed by atoms with E-state index in [2.05, 4.69) is 15.3 Å². The third kappa shape index (κ3) is 2.09. The zero-order valence-corrected chi connectivity index (χ0v) is 10.8. The number of nitrogens with one attached hydrogen (secondary N) is 1. The van der Waals surface area contributed by atoms with Gasteiger partial charge in [0.1, 0.15) is 12.0 Å². The molecule has 3 rings (SSSR count). The third-order valence-corrected chi connectivity index (χ3v) is 4.07. The van der Waals surface area contributed by atoms with E-state index < -0.39 is 0 Å². The fourth-order valence-electron chi connectivity index (χ4n) is 2.62. The molecule has 0 spiro atoms. The Bertz CT molecular complexity index is 441. The molecule has 0 unspecified atom stereocenters. The van der Waals surface area contributed by atoms with E-state index >= 15 is 0 Å². The van der Waals surface area contributed by atoms with Crippen LogP contribution >= 0.6 is 0 Å². The summed E-state index contributed by atoms with van der Waals surface area (Å²) in [5.41, 5.74) is 7.05. The topological polar surface area (TPSA) is 73.1 Å². The summed E-state index contributed by atoms with van der Waals surface area (Å²) in [5, 5.41) is 3.38. The van der Waals surface area contributed by atoms with Crippen molar-refractivity contribution < 1.29 is 4.74 Å². The standard InChI is InChI=1S/C13H20N4O/c1-2-18-12-10(14)11(16-8-17-12)15-7-13(5-6-13)9-3-4-9/h8-9H,2-7,14H2,1H3,(H,15,16,17). The predicted molar refractivity (Wildman–Crippen MR) is 70.5 cm³/mol.